The van der Waals surface area contributed by atoms with Crippen LogP contribution in [0.3, 0.4) is 0 Å². The van der Waals surface area contributed by atoms with Crippen LogP contribution in [0.4, 0.5) is 13.2 Å². The predicted molar refractivity (Wildman–Crippen MR) is 156 cm³/mol. The van der Waals surface area contributed by atoms with E-state index in [-0.39, 0.29) is 36.0 Å². The van der Waals surface area contributed by atoms with Gasteiger partial charge in [0.25, 0.3) is 5.91 Å². The number of aromatic nitrogens is 1. The van der Waals surface area contributed by atoms with Crippen LogP contribution >= 0.6 is 11.6 Å². The second kappa shape index (κ2) is 12.7. The molecule has 6 nitrogen and oxygen atoms in total. The maximum atomic E-state index is 13.4. The van der Waals surface area contributed by atoms with Gasteiger partial charge in [-0.3, -0.25) is 9.59 Å². The molecule has 0 bridgehead atoms. The molecule has 1 aromatic heterocycles. The van der Waals surface area contributed by atoms with Crippen molar-refractivity contribution in [3.05, 3.63) is 134 Å². The number of carbonyl (C=O) groups is 2. The van der Waals surface area contributed by atoms with Crippen LogP contribution in [-0.2, 0) is 11.2 Å². The standard InChI is InChI=1S/C33H26ClF3N2O4/c34-27-16-6-20(7-17-27)18-25(32(41)42)19-38-30(40)28-29(23-10-8-22(9-11-23)21-4-2-1-3-5-21)43-31(39-28)24-12-14-26(15-13-24)33(35,36)37/h1-4,6-12,14-17,25H,5,13,18-19H2,(H,38,40)(H,41,42). The molecule has 2 aliphatic rings. The van der Waals surface area contributed by atoms with Crippen molar-refractivity contribution in [1.29, 1.82) is 0 Å². The highest BCUT2D eigenvalue weighted by Gasteiger charge is 2.32. The van der Waals surface area contributed by atoms with Crippen molar-refractivity contribution >= 4 is 34.6 Å². The number of hydrogen-bond acceptors (Lipinski definition) is 4. The molecule has 1 heterocycles. The first-order valence-corrected chi connectivity index (χ1v) is 13.8. The van der Waals surface area contributed by atoms with Crippen molar-refractivity contribution in [2.24, 2.45) is 5.92 Å². The van der Waals surface area contributed by atoms with Crippen LogP contribution in [-0.4, -0.2) is 34.7 Å². The number of halogens is 4. The van der Waals surface area contributed by atoms with Crippen molar-refractivity contribution in [3.8, 4) is 0 Å². The SMILES string of the molecule is O=C(NCC(Cc1ccc(Cl)cc1)C(=O)O)c1nc(=C2C=CC(C(F)(F)F)=CC2)oc1=c1ccc(=C2C=CC=CC2)cc1. The van der Waals surface area contributed by atoms with Crippen molar-refractivity contribution in [1.82, 2.24) is 10.3 Å². The van der Waals surface area contributed by atoms with Gasteiger partial charge in [0.2, 0.25) is 5.55 Å². The molecular formula is C33H26ClF3N2O4. The molecule has 0 radical (unpaired) electrons. The zero-order valence-corrected chi connectivity index (χ0v) is 23.5. The van der Waals surface area contributed by atoms with Crippen molar-refractivity contribution < 1.29 is 32.3 Å². The first-order chi connectivity index (χ1) is 20.6. The average Bonchev–Trinajstić information content (AvgIpc) is 3.46. The molecule has 1 atom stereocenters. The van der Waals surface area contributed by atoms with E-state index in [0.717, 1.165) is 34.9 Å². The molecule has 2 aromatic carbocycles. The van der Waals surface area contributed by atoms with Crippen LogP contribution in [0.2, 0.25) is 5.02 Å². The van der Waals surface area contributed by atoms with E-state index in [9.17, 15) is 27.9 Å². The smallest absolute Gasteiger partial charge is 0.416 e. The van der Waals surface area contributed by atoms with E-state index in [1.54, 1.807) is 36.4 Å². The van der Waals surface area contributed by atoms with Crippen molar-refractivity contribution in [2.45, 2.75) is 25.4 Å². The van der Waals surface area contributed by atoms with E-state index >= 15 is 0 Å². The fraction of sp³-hybridized carbons (Fsp3) is 0.182. The van der Waals surface area contributed by atoms with Gasteiger partial charge in [0.15, 0.2) is 11.1 Å². The number of amides is 1. The quantitative estimate of drug-likeness (QED) is 0.384. The summed E-state index contributed by atoms with van der Waals surface area (Å²) in [5.41, 5.74) is 1.47. The number of alkyl halides is 3. The first kappa shape index (κ1) is 29.8. The predicted octanol–water partition coefficient (Wildman–Crippen LogP) is 5.55. The Bertz CT molecular complexity index is 1880. The summed E-state index contributed by atoms with van der Waals surface area (Å²) >= 11 is 5.92. The van der Waals surface area contributed by atoms with Crippen LogP contribution in [0.25, 0.3) is 11.1 Å². The summed E-state index contributed by atoms with van der Waals surface area (Å²) in [4.78, 5) is 29.7. The maximum Gasteiger partial charge on any atom is 0.416 e. The normalized spacial score (nSPS) is 16.7. The number of carbonyl (C=O) groups excluding carboxylic acids is 1. The highest BCUT2D eigenvalue weighted by Crippen LogP contribution is 2.30. The van der Waals surface area contributed by atoms with Gasteiger partial charge in [-0.05, 0) is 53.8 Å². The van der Waals surface area contributed by atoms with Gasteiger partial charge in [-0.1, -0.05) is 84.5 Å². The molecule has 1 amide bonds. The lowest BCUT2D eigenvalue weighted by molar-refractivity contribution is -0.141. The zero-order valence-electron chi connectivity index (χ0n) is 22.7. The number of carboxylic acids is 1. The van der Waals surface area contributed by atoms with E-state index in [1.807, 2.05) is 36.4 Å². The lowest BCUT2D eigenvalue weighted by atomic mass is 9.99. The van der Waals surface area contributed by atoms with E-state index in [2.05, 4.69) is 10.3 Å². The Kier molecular flexibility index (Phi) is 8.82. The lowest BCUT2D eigenvalue weighted by Crippen LogP contribution is -2.34. The third-order valence-electron chi connectivity index (χ3n) is 7.10. The Labute approximate surface area is 249 Å². The summed E-state index contributed by atoms with van der Waals surface area (Å²) in [5, 5.41) is 14.5. The molecule has 1 unspecified atom stereocenters. The largest absolute Gasteiger partial charge is 0.481 e. The van der Waals surface area contributed by atoms with Crippen LogP contribution in [0.1, 0.15) is 28.9 Å². The van der Waals surface area contributed by atoms with E-state index < -0.39 is 29.5 Å². The van der Waals surface area contributed by atoms with Gasteiger partial charge < -0.3 is 14.8 Å². The molecule has 2 N–H and O–H groups in total. The Morgan fingerprint density at radius 3 is 2.28 bits per heavy atom. The molecule has 5 rings (SSSR count). The Morgan fingerprint density at radius 2 is 1.67 bits per heavy atom. The first-order valence-electron chi connectivity index (χ1n) is 13.5. The molecule has 0 fully saturated rings. The highest BCUT2D eigenvalue weighted by atomic mass is 35.5. The summed E-state index contributed by atoms with van der Waals surface area (Å²) < 4.78 is 45.3. The van der Waals surface area contributed by atoms with Crippen molar-refractivity contribution in [2.75, 3.05) is 6.54 Å². The summed E-state index contributed by atoms with van der Waals surface area (Å²) in [5.74, 6) is -2.69. The minimum Gasteiger partial charge on any atom is -0.481 e. The van der Waals surface area contributed by atoms with Gasteiger partial charge in [-0.25, -0.2) is 4.98 Å². The highest BCUT2D eigenvalue weighted by molar-refractivity contribution is 6.30. The molecule has 10 heteroatoms. The average molecular weight is 607 g/mol. The van der Waals surface area contributed by atoms with Crippen LogP contribution in [0.5, 0.6) is 0 Å². The number of rotatable bonds is 6. The monoisotopic (exact) mass is 606 g/mol. The van der Waals surface area contributed by atoms with Crippen LogP contribution < -0.4 is 16.1 Å². The minimum atomic E-state index is -4.48. The number of aliphatic carboxylic acids is 1. The van der Waals surface area contributed by atoms with E-state index in [4.69, 9.17) is 16.0 Å². The molecular weight excluding hydrogens is 581 g/mol. The minimum absolute atomic E-state index is 0.00336. The fourth-order valence-corrected chi connectivity index (χ4v) is 4.86. The van der Waals surface area contributed by atoms with E-state index in [0.29, 0.717) is 15.8 Å². The number of allylic oxidation sites excluding steroid dienone is 8. The molecule has 3 aromatic rings. The molecule has 0 spiro atoms. The Hall–Kier alpha value is -4.63. The Morgan fingerprint density at radius 1 is 0.953 bits per heavy atom. The second-order valence-electron chi connectivity index (χ2n) is 10.1. The summed E-state index contributed by atoms with van der Waals surface area (Å²) in [7, 11) is 0. The zero-order chi connectivity index (χ0) is 30.6. The summed E-state index contributed by atoms with van der Waals surface area (Å²) in [6, 6.07) is 14.1. The van der Waals surface area contributed by atoms with Crippen molar-refractivity contribution in [3.63, 3.8) is 0 Å². The molecule has 0 saturated heterocycles. The van der Waals surface area contributed by atoms with Gasteiger partial charge in [-0.2, -0.15) is 13.2 Å². The third-order valence-corrected chi connectivity index (χ3v) is 7.36. The molecule has 2 aliphatic carbocycles. The lowest BCUT2D eigenvalue weighted by Gasteiger charge is -2.13. The topological polar surface area (TPSA) is 92.4 Å². The fourth-order valence-electron chi connectivity index (χ4n) is 4.74. The van der Waals surface area contributed by atoms with Crippen LogP contribution in [0, 0.1) is 16.6 Å². The number of nitrogens with zero attached hydrogens (tertiary/aromatic N) is 1. The second-order valence-corrected chi connectivity index (χ2v) is 10.5. The van der Waals surface area contributed by atoms with E-state index in [1.165, 1.54) is 6.08 Å². The third kappa shape index (κ3) is 7.24. The Balaban J connectivity index is 1.51. The maximum absolute atomic E-state index is 13.4. The molecule has 43 heavy (non-hydrogen) atoms. The number of carboxylic acid groups (broad SMARTS) is 1. The van der Waals surface area contributed by atoms with Gasteiger partial charge in [0.05, 0.1) is 11.5 Å². The number of benzene rings is 2. The summed E-state index contributed by atoms with van der Waals surface area (Å²) in [6.07, 6.45) is 7.57. The number of oxazole rings is 1. The summed E-state index contributed by atoms with van der Waals surface area (Å²) in [6.45, 7) is -0.191. The molecule has 220 valence electrons. The van der Waals surface area contributed by atoms with Gasteiger partial charge in [0.1, 0.15) is 0 Å². The number of hydrogen-bond donors (Lipinski definition) is 2. The molecule has 0 saturated carbocycles. The number of nitrogens with one attached hydrogen (secondary N) is 1. The van der Waals surface area contributed by atoms with Gasteiger partial charge in [-0.15, -0.1) is 0 Å². The van der Waals surface area contributed by atoms with Gasteiger partial charge >= 0.3 is 12.1 Å². The van der Waals surface area contributed by atoms with Crippen LogP contribution in [0.15, 0.2) is 101 Å². The molecule has 0 aliphatic heterocycles. The van der Waals surface area contributed by atoms with Gasteiger partial charge in [0, 0.05) is 22.4 Å².